The molecule has 1 aromatic carbocycles. The number of benzene rings is 1. The van der Waals surface area contributed by atoms with Gasteiger partial charge in [-0.25, -0.2) is 0 Å². The van der Waals surface area contributed by atoms with Crippen LogP contribution in [0, 0.1) is 5.92 Å². The van der Waals surface area contributed by atoms with Gasteiger partial charge in [-0.3, -0.25) is 9.59 Å². The third kappa shape index (κ3) is 4.93. The van der Waals surface area contributed by atoms with E-state index >= 15 is 0 Å². The second-order valence-corrected chi connectivity index (χ2v) is 7.74. The van der Waals surface area contributed by atoms with E-state index in [1.165, 1.54) is 0 Å². The van der Waals surface area contributed by atoms with Crippen molar-refractivity contribution in [1.29, 1.82) is 0 Å². The average molecular weight is 389 g/mol. The number of methoxy groups -OCH3 is 1. The van der Waals surface area contributed by atoms with Gasteiger partial charge >= 0.3 is 0 Å². The molecule has 1 aliphatic rings. The highest BCUT2D eigenvalue weighted by Crippen LogP contribution is 2.42. The van der Waals surface area contributed by atoms with E-state index in [1.807, 2.05) is 52.0 Å². The zero-order chi connectivity index (χ0) is 20.8. The molecule has 1 unspecified atom stereocenters. The lowest BCUT2D eigenvalue weighted by molar-refractivity contribution is -0.129. The lowest BCUT2D eigenvalue weighted by Gasteiger charge is -2.28. The molecule has 1 amide bonds. The predicted molar refractivity (Wildman–Crippen MR) is 107 cm³/mol. The minimum atomic E-state index is -0.662. The maximum Gasteiger partial charge on any atom is 0.290 e. The summed E-state index contributed by atoms with van der Waals surface area (Å²) in [6.45, 7) is 8.57. The standard InChI is InChI=1S/C22H31NO5/c1-14(2)13-17(24)19-20(16-9-6-7-10-18(16)28-15(3)4)23(11-8-12-27-5)22(26)21(19)25/h6-7,9-10,14-15,20,25H,8,11-13H2,1-5H3. The molecule has 1 N–H and O–H groups in total. The van der Waals surface area contributed by atoms with Crippen LogP contribution in [0.15, 0.2) is 35.6 Å². The molecule has 0 fully saturated rings. The van der Waals surface area contributed by atoms with E-state index in [1.54, 1.807) is 12.0 Å². The molecule has 6 heteroatoms. The van der Waals surface area contributed by atoms with Crippen LogP contribution in [-0.2, 0) is 14.3 Å². The Labute approximate surface area is 167 Å². The van der Waals surface area contributed by atoms with Crippen LogP contribution in [0.5, 0.6) is 5.75 Å². The van der Waals surface area contributed by atoms with E-state index in [2.05, 4.69) is 0 Å². The summed E-state index contributed by atoms with van der Waals surface area (Å²) in [6, 6.07) is 6.71. The van der Waals surface area contributed by atoms with Crippen molar-refractivity contribution in [2.24, 2.45) is 5.92 Å². The van der Waals surface area contributed by atoms with Crippen molar-refractivity contribution in [2.45, 2.75) is 52.7 Å². The molecule has 1 aromatic rings. The van der Waals surface area contributed by atoms with Crippen LogP contribution >= 0.6 is 0 Å². The summed E-state index contributed by atoms with van der Waals surface area (Å²) < 4.78 is 11.0. The number of hydrogen-bond donors (Lipinski definition) is 1. The van der Waals surface area contributed by atoms with E-state index < -0.39 is 17.7 Å². The fourth-order valence-corrected chi connectivity index (χ4v) is 3.42. The van der Waals surface area contributed by atoms with Crippen LogP contribution in [0.25, 0.3) is 0 Å². The quantitative estimate of drug-likeness (QED) is 0.616. The molecular weight excluding hydrogens is 358 g/mol. The number of aliphatic hydroxyl groups excluding tert-OH is 1. The molecule has 1 heterocycles. The van der Waals surface area contributed by atoms with Crippen molar-refractivity contribution >= 4 is 11.7 Å². The summed E-state index contributed by atoms with van der Waals surface area (Å²) in [7, 11) is 1.60. The van der Waals surface area contributed by atoms with Crippen molar-refractivity contribution in [3.63, 3.8) is 0 Å². The van der Waals surface area contributed by atoms with Gasteiger partial charge < -0.3 is 19.5 Å². The Morgan fingerprint density at radius 1 is 1.21 bits per heavy atom. The number of ketones is 1. The van der Waals surface area contributed by atoms with Crippen LogP contribution in [0.1, 0.15) is 52.1 Å². The van der Waals surface area contributed by atoms with Gasteiger partial charge in [0.2, 0.25) is 0 Å². The SMILES string of the molecule is COCCCN1C(=O)C(O)=C(C(=O)CC(C)C)C1c1ccccc1OC(C)C. The topological polar surface area (TPSA) is 76.1 Å². The highest BCUT2D eigenvalue weighted by molar-refractivity contribution is 6.09. The molecule has 0 saturated heterocycles. The van der Waals surface area contributed by atoms with Crippen LogP contribution < -0.4 is 4.74 Å². The third-order valence-electron chi connectivity index (χ3n) is 4.52. The summed E-state index contributed by atoms with van der Waals surface area (Å²) in [6.07, 6.45) is 0.806. The van der Waals surface area contributed by atoms with Crippen molar-refractivity contribution < 1.29 is 24.2 Å². The molecule has 0 aliphatic carbocycles. The summed E-state index contributed by atoms with van der Waals surface area (Å²) in [5, 5.41) is 10.6. The number of para-hydroxylation sites is 1. The number of Topliss-reactive ketones (excluding diaryl/α,β-unsaturated/α-hetero) is 1. The van der Waals surface area contributed by atoms with Crippen molar-refractivity contribution in [2.75, 3.05) is 20.3 Å². The largest absolute Gasteiger partial charge is 0.503 e. The van der Waals surface area contributed by atoms with E-state index in [-0.39, 0.29) is 29.8 Å². The molecular formula is C22H31NO5. The number of nitrogens with zero attached hydrogens (tertiary/aromatic N) is 1. The minimum Gasteiger partial charge on any atom is -0.503 e. The normalized spacial score (nSPS) is 17.2. The second-order valence-electron chi connectivity index (χ2n) is 7.74. The Balaban J connectivity index is 2.51. The van der Waals surface area contributed by atoms with Gasteiger partial charge in [0, 0.05) is 32.2 Å². The van der Waals surface area contributed by atoms with Gasteiger partial charge in [0.05, 0.1) is 17.7 Å². The number of carbonyl (C=O) groups excluding carboxylic acids is 2. The number of carbonyl (C=O) groups is 2. The van der Waals surface area contributed by atoms with Gasteiger partial charge in [0.1, 0.15) is 5.75 Å². The first-order valence-corrected chi connectivity index (χ1v) is 9.79. The van der Waals surface area contributed by atoms with Crippen LogP contribution in [0.2, 0.25) is 0 Å². The first-order valence-electron chi connectivity index (χ1n) is 9.79. The Morgan fingerprint density at radius 2 is 1.89 bits per heavy atom. The van der Waals surface area contributed by atoms with Crippen LogP contribution in [-0.4, -0.2) is 48.1 Å². The molecule has 0 spiro atoms. The molecule has 28 heavy (non-hydrogen) atoms. The van der Waals surface area contributed by atoms with Gasteiger partial charge in [0.25, 0.3) is 5.91 Å². The fourth-order valence-electron chi connectivity index (χ4n) is 3.42. The Morgan fingerprint density at radius 3 is 2.50 bits per heavy atom. The monoisotopic (exact) mass is 389 g/mol. The zero-order valence-corrected chi connectivity index (χ0v) is 17.4. The van der Waals surface area contributed by atoms with Gasteiger partial charge in [-0.1, -0.05) is 32.0 Å². The highest BCUT2D eigenvalue weighted by Gasteiger charge is 2.44. The molecule has 2 rings (SSSR count). The fraction of sp³-hybridized carbons (Fsp3) is 0.545. The number of amides is 1. The van der Waals surface area contributed by atoms with E-state index in [0.717, 1.165) is 0 Å². The summed E-state index contributed by atoms with van der Waals surface area (Å²) in [5.74, 6) is -0.454. The van der Waals surface area contributed by atoms with E-state index in [9.17, 15) is 14.7 Å². The molecule has 6 nitrogen and oxygen atoms in total. The zero-order valence-electron chi connectivity index (χ0n) is 17.4. The van der Waals surface area contributed by atoms with Gasteiger partial charge in [-0.05, 0) is 32.3 Å². The molecule has 0 radical (unpaired) electrons. The Hall–Kier alpha value is -2.34. The number of hydrogen-bond acceptors (Lipinski definition) is 5. The van der Waals surface area contributed by atoms with E-state index in [0.29, 0.717) is 30.9 Å². The summed E-state index contributed by atoms with van der Waals surface area (Å²) in [4.78, 5) is 27.3. The lowest BCUT2D eigenvalue weighted by Crippen LogP contribution is -2.33. The third-order valence-corrected chi connectivity index (χ3v) is 4.52. The number of aliphatic hydroxyl groups is 1. The second kappa shape index (κ2) is 9.73. The van der Waals surface area contributed by atoms with Crippen LogP contribution in [0.4, 0.5) is 0 Å². The molecule has 1 aliphatic heterocycles. The minimum absolute atomic E-state index is 0.0624. The first kappa shape index (κ1) is 22.0. The van der Waals surface area contributed by atoms with Gasteiger partial charge in [-0.2, -0.15) is 0 Å². The van der Waals surface area contributed by atoms with Crippen LogP contribution in [0.3, 0.4) is 0 Å². The van der Waals surface area contributed by atoms with Gasteiger partial charge in [0.15, 0.2) is 11.5 Å². The predicted octanol–water partition coefficient (Wildman–Crippen LogP) is 3.82. The van der Waals surface area contributed by atoms with Crippen molar-refractivity contribution in [3.8, 4) is 5.75 Å². The molecule has 0 aromatic heterocycles. The molecule has 0 bridgehead atoms. The first-order chi connectivity index (χ1) is 13.3. The highest BCUT2D eigenvalue weighted by atomic mass is 16.5. The van der Waals surface area contributed by atoms with Crippen molar-refractivity contribution in [1.82, 2.24) is 4.90 Å². The van der Waals surface area contributed by atoms with Crippen molar-refractivity contribution in [3.05, 3.63) is 41.2 Å². The number of ether oxygens (including phenoxy) is 2. The van der Waals surface area contributed by atoms with Gasteiger partial charge in [-0.15, -0.1) is 0 Å². The number of rotatable bonds is 10. The molecule has 154 valence electrons. The smallest absolute Gasteiger partial charge is 0.290 e. The Kier molecular flexibility index (Phi) is 7.63. The average Bonchev–Trinajstić information content (AvgIpc) is 2.86. The maximum absolute atomic E-state index is 12.9. The lowest BCUT2D eigenvalue weighted by atomic mass is 9.91. The van der Waals surface area contributed by atoms with E-state index in [4.69, 9.17) is 9.47 Å². The molecule has 0 saturated carbocycles. The molecule has 1 atom stereocenters. The maximum atomic E-state index is 12.9. The summed E-state index contributed by atoms with van der Waals surface area (Å²) >= 11 is 0. The summed E-state index contributed by atoms with van der Waals surface area (Å²) in [5.41, 5.74) is 0.869. The Bertz CT molecular complexity index is 738.